The van der Waals surface area contributed by atoms with E-state index in [-0.39, 0.29) is 24.2 Å². The molecule has 198 valence electrons. The molecule has 1 aliphatic rings. The van der Waals surface area contributed by atoms with Crippen LogP contribution in [-0.2, 0) is 23.7 Å². The molecule has 0 bridgehead atoms. The Labute approximate surface area is 207 Å². The molecule has 1 aromatic heterocycles. The molecule has 1 aromatic rings. The van der Waals surface area contributed by atoms with E-state index in [9.17, 15) is 14.7 Å². The Morgan fingerprint density at radius 3 is 2.77 bits per heavy atom. The van der Waals surface area contributed by atoms with Crippen molar-refractivity contribution in [2.45, 2.75) is 77.7 Å². The fourth-order valence-corrected chi connectivity index (χ4v) is 3.67. The number of pyridine rings is 1. The van der Waals surface area contributed by atoms with Gasteiger partial charge in [-0.15, -0.1) is 0 Å². The Morgan fingerprint density at radius 1 is 1.31 bits per heavy atom. The van der Waals surface area contributed by atoms with Crippen molar-refractivity contribution < 1.29 is 38.4 Å². The summed E-state index contributed by atoms with van der Waals surface area (Å²) in [6.07, 6.45) is 3.60. The minimum Gasteiger partial charge on any atom is -0.503 e. The lowest BCUT2D eigenvalue weighted by Gasteiger charge is -2.34. The van der Waals surface area contributed by atoms with Gasteiger partial charge in [-0.3, -0.25) is 4.79 Å². The standard InChI is InChI=1S/C25H40N2O8/c1-6-7-8-12-33-20-10-13-32-15-18(25(30)35-17(4)23(20)34-14-16(2)3)27-24(29)21-22(28)19(31-5)9-11-26-21/h9,11,16-18,20,23,28H,6-8,10,12-15H2,1-5H3,(H,27,29)/t17-,18-,20-,23-/m0/s1. The monoisotopic (exact) mass is 496 g/mol. The molecule has 10 nitrogen and oxygen atoms in total. The zero-order valence-electron chi connectivity index (χ0n) is 21.5. The van der Waals surface area contributed by atoms with E-state index >= 15 is 0 Å². The first-order chi connectivity index (χ1) is 16.8. The maximum Gasteiger partial charge on any atom is 0.331 e. The molecule has 0 spiro atoms. The van der Waals surface area contributed by atoms with Crippen molar-refractivity contribution in [3.05, 3.63) is 18.0 Å². The van der Waals surface area contributed by atoms with Crippen LogP contribution in [0.15, 0.2) is 12.3 Å². The van der Waals surface area contributed by atoms with E-state index in [0.717, 1.165) is 19.3 Å². The highest BCUT2D eigenvalue weighted by Crippen LogP contribution is 2.27. The number of cyclic esters (lactones) is 1. The Balaban J connectivity index is 2.13. The minimum absolute atomic E-state index is 0.0951. The molecule has 10 heteroatoms. The van der Waals surface area contributed by atoms with Crippen LogP contribution in [0.4, 0.5) is 0 Å². The number of carbonyl (C=O) groups excluding carboxylic acids is 2. The zero-order chi connectivity index (χ0) is 25.8. The summed E-state index contributed by atoms with van der Waals surface area (Å²) in [6, 6.07) is 0.331. The molecule has 2 N–H and O–H groups in total. The van der Waals surface area contributed by atoms with Crippen LogP contribution in [-0.4, -0.2) is 79.9 Å². The number of hydrogen-bond acceptors (Lipinski definition) is 9. The summed E-state index contributed by atoms with van der Waals surface area (Å²) in [5.74, 6) is -1.45. The van der Waals surface area contributed by atoms with Crippen LogP contribution in [0.3, 0.4) is 0 Å². The maximum atomic E-state index is 13.0. The third-order valence-corrected chi connectivity index (χ3v) is 5.58. The van der Waals surface area contributed by atoms with E-state index < -0.39 is 35.9 Å². The highest BCUT2D eigenvalue weighted by Gasteiger charge is 2.35. The average molecular weight is 497 g/mol. The van der Waals surface area contributed by atoms with Gasteiger partial charge in [0.2, 0.25) is 0 Å². The number of nitrogens with zero attached hydrogens (tertiary/aromatic N) is 1. The second-order valence-corrected chi connectivity index (χ2v) is 9.05. The molecule has 2 heterocycles. The predicted molar refractivity (Wildman–Crippen MR) is 129 cm³/mol. The summed E-state index contributed by atoms with van der Waals surface area (Å²) in [4.78, 5) is 29.6. The number of ether oxygens (including phenoxy) is 5. The van der Waals surface area contributed by atoms with Gasteiger partial charge in [0.1, 0.15) is 12.2 Å². The SMILES string of the molecule is CCCCCO[C@H]1CCOC[C@H](NC(=O)c2nccc(OC)c2O)C(=O)O[C@@H](C)[C@@H]1OCC(C)C. The minimum atomic E-state index is -1.09. The summed E-state index contributed by atoms with van der Waals surface area (Å²) >= 11 is 0. The first-order valence-corrected chi connectivity index (χ1v) is 12.3. The second kappa shape index (κ2) is 14.9. The van der Waals surface area contributed by atoms with Crippen molar-refractivity contribution in [1.29, 1.82) is 0 Å². The number of unbranched alkanes of at least 4 members (excludes halogenated alkanes) is 2. The van der Waals surface area contributed by atoms with Gasteiger partial charge in [0.15, 0.2) is 23.2 Å². The summed E-state index contributed by atoms with van der Waals surface area (Å²) in [5.41, 5.74) is -0.263. The quantitative estimate of drug-likeness (QED) is 0.351. The lowest BCUT2D eigenvalue weighted by atomic mass is 10.0. The summed E-state index contributed by atoms with van der Waals surface area (Å²) in [6.45, 7) is 9.29. The molecule has 1 aliphatic heterocycles. The van der Waals surface area contributed by atoms with Gasteiger partial charge < -0.3 is 34.1 Å². The Bertz CT molecular complexity index is 804. The van der Waals surface area contributed by atoms with E-state index in [1.165, 1.54) is 19.4 Å². The van der Waals surface area contributed by atoms with Crippen LogP contribution < -0.4 is 10.1 Å². The normalized spacial score (nSPS) is 23.5. The van der Waals surface area contributed by atoms with Gasteiger partial charge in [-0.25, -0.2) is 9.78 Å². The van der Waals surface area contributed by atoms with Gasteiger partial charge in [0.25, 0.3) is 5.91 Å². The molecule has 1 fully saturated rings. The topological polar surface area (TPSA) is 125 Å². The van der Waals surface area contributed by atoms with Crippen LogP contribution >= 0.6 is 0 Å². The van der Waals surface area contributed by atoms with Gasteiger partial charge in [-0.05, 0) is 25.7 Å². The number of nitrogens with one attached hydrogen (secondary N) is 1. The number of methoxy groups -OCH3 is 1. The summed E-state index contributed by atoms with van der Waals surface area (Å²) in [5, 5.41) is 12.8. The lowest BCUT2D eigenvalue weighted by Crippen LogP contribution is -2.50. The number of esters is 1. The number of aromatic hydroxyl groups is 1. The zero-order valence-corrected chi connectivity index (χ0v) is 21.5. The third kappa shape index (κ3) is 8.94. The van der Waals surface area contributed by atoms with Crippen molar-refractivity contribution in [2.75, 3.05) is 33.5 Å². The molecule has 0 aromatic carbocycles. The smallest absolute Gasteiger partial charge is 0.331 e. The van der Waals surface area contributed by atoms with Crippen LogP contribution in [0.2, 0.25) is 0 Å². The van der Waals surface area contributed by atoms with Gasteiger partial charge in [-0.2, -0.15) is 0 Å². The molecule has 4 atom stereocenters. The molecule has 1 saturated heterocycles. The number of aromatic nitrogens is 1. The molecular formula is C25H40N2O8. The van der Waals surface area contributed by atoms with E-state index in [0.29, 0.717) is 32.2 Å². The summed E-state index contributed by atoms with van der Waals surface area (Å²) < 4.78 is 28.7. The van der Waals surface area contributed by atoms with Crippen molar-refractivity contribution in [3.8, 4) is 11.5 Å². The molecule has 35 heavy (non-hydrogen) atoms. The van der Waals surface area contributed by atoms with Gasteiger partial charge in [0, 0.05) is 32.1 Å². The van der Waals surface area contributed by atoms with Gasteiger partial charge in [0.05, 0.1) is 19.8 Å². The van der Waals surface area contributed by atoms with Crippen LogP contribution in [0.5, 0.6) is 11.5 Å². The predicted octanol–water partition coefficient (Wildman–Crippen LogP) is 2.86. The fourth-order valence-electron chi connectivity index (χ4n) is 3.67. The number of rotatable bonds is 11. The molecule has 2 rings (SSSR count). The van der Waals surface area contributed by atoms with E-state index in [2.05, 4.69) is 17.2 Å². The molecular weight excluding hydrogens is 456 g/mol. The number of hydrogen-bond donors (Lipinski definition) is 2. The maximum absolute atomic E-state index is 13.0. The second-order valence-electron chi connectivity index (χ2n) is 9.05. The lowest BCUT2D eigenvalue weighted by molar-refractivity contribution is -0.176. The van der Waals surface area contributed by atoms with Crippen molar-refractivity contribution >= 4 is 11.9 Å². The molecule has 0 saturated carbocycles. The van der Waals surface area contributed by atoms with Crippen LogP contribution in [0.25, 0.3) is 0 Å². The molecule has 0 aliphatic carbocycles. The first kappa shape index (κ1) is 28.8. The highest BCUT2D eigenvalue weighted by atomic mass is 16.6. The largest absolute Gasteiger partial charge is 0.503 e. The highest BCUT2D eigenvalue weighted by molar-refractivity contribution is 5.98. The van der Waals surface area contributed by atoms with Crippen molar-refractivity contribution in [2.24, 2.45) is 5.92 Å². The Kier molecular flexibility index (Phi) is 12.2. The fraction of sp³-hybridized carbons (Fsp3) is 0.720. The van der Waals surface area contributed by atoms with Crippen molar-refractivity contribution in [3.63, 3.8) is 0 Å². The molecule has 1 amide bonds. The number of carbonyl (C=O) groups is 2. The van der Waals surface area contributed by atoms with Gasteiger partial charge >= 0.3 is 5.97 Å². The Hall–Kier alpha value is -2.43. The van der Waals surface area contributed by atoms with E-state index in [4.69, 9.17) is 23.7 Å². The van der Waals surface area contributed by atoms with E-state index in [1.807, 2.05) is 13.8 Å². The molecule has 0 unspecified atom stereocenters. The molecule has 0 radical (unpaired) electrons. The first-order valence-electron chi connectivity index (χ1n) is 12.3. The summed E-state index contributed by atoms with van der Waals surface area (Å²) in [7, 11) is 1.36. The third-order valence-electron chi connectivity index (χ3n) is 5.58. The van der Waals surface area contributed by atoms with Crippen molar-refractivity contribution in [1.82, 2.24) is 10.3 Å². The Morgan fingerprint density at radius 2 is 2.09 bits per heavy atom. The van der Waals surface area contributed by atoms with Crippen LogP contribution in [0.1, 0.15) is 63.9 Å². The average Bonchev–Trinajstić information content (AvgIpc) is 2.82. The van der Waals surface area contributed by atoms with Crippen LogP contribution in [0, 0.1) is 5.92 Å². The number of amides is 1. The van der Waals surface area contributed by atoms with E-state index in [1.54, 1.807) is 6.92 Å². The van der Waals surface area contributed by atoms with Gasteiger partial charge in [-0.1, -0.05) is 33.6 Å².